The van der Waals surface area contributed by atoms with Gasteiger partial charge in [0, 0.05) is 44.6 Å². The zero-order valence-electron chi connectivity index (χ0n) is 17.8. The summed E-state index contributed by atoms with van der Waals surface area (Å²) < 4.78 is 37.4. The smallest absolute Gasteiger partial charge is 0.251 e. The number of carbonyl (C=O) groups excluding carboxylic acids is 1. The number of hydrogen-bond donors (Lipinski definition) is 1. The van der Waals surface area contributed by atoms with Crippen LogP contribution in [-0.2, 0) is 21.3 Å². The summed E-state index contributed by atoms with van der Waals surface area (Å²) in [6.07, 6.45) is 1.62. The Balaban J connectivity index is 2.07. The first kappa shape index (κ1) is 23.8. The summed E-state index contributed by atoms with van der Waals surface area (Å²) in [5, 5.41) is 2.79. The van der Waals surface area contributed by atoms with Gasteiger partial charge in [0.15, 0.2) is 0 Å². The molecule has 1 amide bonds. The van der Waals surface area contributed by atoms with Crippen LogP contribution in [0, 0.1) is 6.92 Å². The van der Waals surface area contributed by atoms with Crippen molar-refractivity contribution in [3.63, 3.8) is 0 Å². The van der Waals surface area contributed by atoms with E-state index in [0.29, 0.717) is 43.3 Å². The molecule has 0 saturated carbocycles. The molecule has 0 fully saturated rings. The Kier molecular flexibility index (Phi) is 8.76. The van der Waals surface area contributed by atoms with Crippen molar-refractivity contribution < 1.29 is 22.7 Å². The number of benzene rings is 1. The molecular formula is C21H29N3O5S. The maximum atomic E-state index is 12.9. The van der Waals surface area contributed by atoms with Crippen molar-refractivity contribution in [2.45, 2.75) is 32.2 Å². The number of pyridine rings is 1. The number of ether oxygens (including phenoxy) is 2. The van der Waals surface area contributed by atoms with E-state index in [1.165, 1.54) is 10.4 Å². The van der Waals surface area contributed by atoms with Crippen molar-refractivity contribution in [3.05, 3.63) is 53.2 Å². The van der Waals surface area contributed by atoms with Crippen molar-refractivity contribution in [1.29, 1.82) is 0 Å². The Morgan fingerprint density at radius 2 is 1.87 bits per heavy atom. The van der Waals surface area contributed by atoms with Crippen LogP contribution in [0.1, 0.15) is 35.3 Å². The predicted molar refractivity (Wildman–Crippen MR) is 114 cm³/mol. The average molecular weight is 436 g/mol. The fourth-order valence-corrected chi connectivity index (χ4v) is 4.55. The first-order valence-corrected chi connectivity index (χ1v) is 11.2. The van der Waals surface area contributed by atoms with Crippen molar-refractivity contribution >= 4 is 15.9 Å². The Labute approximate surface area is 178 Å². The highest BCUT2D eigenvalue weighted by Crippen LogP contribution is 2.21. The van der Waals surface area contributed by atoms with Gasteiger partial charge in [-0.15, -0.1) is 0 Å². The zero-order chi connectivity index (χ0) is 22.1. The molecule has 0 unspecified atom stereocenters. The van der Waals surface area contributed by atoms with Crippen LogP contribution in [-0.4, -0.2) is 57.0 Å². The molecule has 30 heavy (non-hydrogen) atoms. The van der Waals surface area contributed by atoms with Crippen molar-refractivity contribution in [1.82, 2.24) is 14.6 Å². The average Bonchev–Trinajstić information content (AvgIpc) is 2.74. The number of methoxy groups -OCH3 is 1. The van der Waals surface area contributed by atoms with E-state index in [4.69, 9.17) is 9.47 Å². The molecule has 2 rings (SSSR count). The minimum atomic E-state index is -3.65. The van der Waals surface area contributed by atoms with Gasteiger partial charge in [0.2, 0.25) is 15.9 Å². The molecule has 1 N–H and O–H groups in total. The lowest BCUT2D eigenvalue weighted by molar-refractivity contribution is 0.0950. The highest BCUT2D eigenvalue weighted by molar-refractivity contribution is 7.89. The molecule has 1 aromatic heterocycles. The zero-order valence-corrected chi connectivity index (χ0v) is 18.7. The van der Waals surface area contributed by atoms with Crippen molar-refractivity contribution in [3.8, 4) is 5.88 Å². The SMILES string of the molecule is CCN(CC)S(=O)(=O)c1cc(C(=O)NCc2ccc(OCCOC)nc2)ccc1C. The van der Waals surface area contributed by atoms with E-state index in [0.717, 1.165) is 5.56 Å². The van der Waals surface area contributed by atoms with E-state index >= 15 is 0 Å². The molecule has 9 heteroatoms. The van der Waals surface area contributed by atoms with E-state index in [1.54, 1.807) is 58.3 Å². The summed E-state index contributed by atoms with van der Waals surface area (Å²) in [5.74, 6) is 0.123. The fraction of sp³-hybridized carbons (Fsp3) is 0.429. The van der Waals surface area contributed by atoms with Crippen LogP contribution in [0.2, 0.25) is 0 Å². The third-order valence-electron chi connectivity index (χ3n) is 4.56. The van der Waals surface area contributed by atoms with Gasteiger partial charge in [0.25, 0.3) is 5.91 Å². The summed E-state index contributed by atoms with van der Waals surface area (Å²) in [5.41, 5.74) is 1.69. The second-order valence-corrected chi connectivity index (χ2v) is 8.50. The number of hydrogen-bond acceptors (Lipinski definition) is 6. The molecule has 0 saturated heterocycles. The van der Waals surface area contributed by atoms with Gasteiger partial charge >= 0.3 is 0 Å². The Morgan fingerprint density at radius 3 is 2.47 bits per heavy atom. The number of amides is 1. The van der Waals surface area contributed by atoms with Crippen LogP contribution in [0.3, 0.4) is 0 Å². The van der Waals surface area contributed by atoms with Gasteiger partial charge in [0.05, 0.1) is 11.5 Å². The minimum absolute atomic E-state index is 0.151. The lowest BCUT2D eigenvalue weighted by atomic mass is 10.1. The normalized spacial score (nSPS) is 11.5. The molecule has 0 atom stereocenters. The van der Waals surface area contributed by atoms with E-state index in [1.807, 2.05) is 0 Å². The maximum Gasteiger partial charge on any atom is 0.251 e. The van der Waals surface area contributed by atoms with Gasteiger partial charge in [-0.2, -0.15) is 4.31 Å². The van der Waals surface area contributed by atoms with Crippen molar-refractivity contribution in [2.75, 3.05) is 33.4 Å². The van der Waals surface area contributed by atoms with Gasteiger partial charge in [0.1, 0.15) is 6.61 Å². The molecule has 0 bridgehead atoms. The van der Waals surface area contributed by atoms with Gasteiger partial charge in [-0.05, 0) is 30.2 Å². The number of aromatic nitrogens is 1. The number of sulfonamides is 1. The monoisotopic (exact) mass is 435 g/mol. The number of carbonyl (C=O) groups is 1. The molecule has 0 aliphatic carbocycles. The molecule has 1 heterocycles. The molecular weight excluding hydrogens is 406 g/mol. The summed E-state index contributed by atoms with van der Waals surface area (Å²) in [6, 6.07) is 8.23. The quantitative estimate of drug-likeness (QED) is 0.544. The van der Waals surface area contributed by atoms with E-state index < -0.39 is 10.0 Å². The standard InChI is InChI=1S/C21H29N3O5S/c1-5-24(6-2)30(26,27)19-13-18(9-7-16(19)3)21(25)23-15-17-8-10-20(22-14-17)29-12-11-28-4/h7-10,13-14H,5-6,11-12,15H2,1-4H3,(H,23,25). The summed E-state index contributed by atoms with van der Waals surface area (Å²) in [6.45, 7) is 7.17. The maximum absolute atomic E-state index is 12.9. The summed E-state index contributed by atoms with van der Waals surface area (Å²) >= 11 is 0. The highest BCUT2D eigenvalue weighted by Gasteiger charge is 2.24. The van der Waals surface area contributed by atoms with Crippen molar-refractivity contribution in [2.24, 2.45) is 0 Å². The molecule has 0 aliphatic heterocycles. The van der Waals surface area contributed by atoms with Gasteiger partial charge in [-0.25, -0.2) is 13.4 Å². The Bertz CT molecular complexity index is 942. The summed E-state index contributed by atoms with van der Waals surface area (Å²) in [4.78, 5) is 16.9. The number of nitrogens with zero attached hydrogens (tertiary/aromatic N) is 2. The van der Waals surface area contributed by atoms with E-state index in [9.17, 15) is 13.2 Å². The second-order valence-electron chi connectivity index (χ2n) is 6.60. The molecule has 164 valence electrons. The predicted octanol–water partition coefficient (Wildman–Crippen LogP) is 2.38. The van der Waals surface area contributed by atoms with Gasteiger partial charge < -0.3 is 14.8 Å². The van der Waals surface area contributed by atoms with Crippen LogP contribution in [0.15, 0.2) is 41.4 Å². The van der Waals surface area contributed by atoms with Crippen LogP contribution in [0.25, 0.3) is 0 Å². The molecule has 8 nitrogen and oxygen atoms in total. The first-order valence-electron chi connectivity index (χ1n) is 9.79. The summed E-state index contributed by atoms with van der Waals surface area (Å²) in [7, 11) is -2.05. The number of nitrogens with one attached hydrogen (secondary N) is 1. The molecule has 1 aromatic carbocycles. The highest BCUT2D eigenvalue weighted by atomic mass is 32.2. The van der Waals surface area contributed by atoms with Gasteiger partial charge in [-0.1, -0.05) is 26.0 Å². The van der Waals surface area contributed by atoms with Crippen LogP contribution >= 0.6 is 0 Å². The largest absolute Gasteiger partial charge is 0.475 e. The third-order valence-corrected chi connectivity index (χ3v) is 6.75. The Morgan fingerprint density at radius 1 is 1.13 bits per heavy atom. The lowest BCUT2D eigenvalue weighted by Gasteiger charge is -2.20. The first-order chi connectivity index (χ1) is 14.3. The van der Waals surface area contributed by atoms with E-state index in [2.05, 4.69) is 10.3 Å². The van der Waals surface area contributed by atoms with Crippen LogP contribution in [0.4, 0.5) is 0 Å². The topological polar surface area (TPSA) is 97.8 Å². The number of rotatable bonds is 11. The Hall–Kier alpha value is -2.49. The van der Waals surface area contributed by atoms with E-state index in [-0.39, 0.29) is 17.3 Å². The molecule has 0 radical (unpaired) electrons. The fourth-order valence-electron chi connectivity index (χ4n) is 2.84. The lowest BCUT2D eigenvalue weighted by Crippen LogP contribution is -2.31. The molecule has 0 spiro atoms. The number of aryl methyl sites for hydroxylation is 1. The van der Waals surface area contributed by atoms with Crippen LogP contribution in [0.5, 0.6) is 5.88 Å². The second kappa shape index (κ2) is 11.1. The van der Waals surface area contributed by atoms with Gasteiger partial charge in [-0.3, -0.25) is 4.79 Å². The third kappa shape index (κ3) is 6.01. The molecule has 0 aliphatic rings. The minimum Gasteiger partial charge on any atom is -0.475 e. The van der Waals surface area contributed by atoms with Crippen LogP contribution < -0.4 is 10.1 Å². The molecule has 2 aromatic rings.